The molecule has 6 heteroatoms. The number of rotatable bonds is 6. The zero-order valence-corrected chi connectivity index (χ0v) is 15.3. The van der Waals surface area contributed by atoms with E-state index in [1.54, 1.807) is 26.0 Å². The smallest absolute Gasteiger partial charge is 0.341 e. The highest BCUT2D eigenvalue weighted by Crippen LogP contribution is 2.22. The summed E-state index contributed by atoms with van der Waals surface area (Å²) in [5, 5.41) is 0. The van der Waals surface area contributed by atoms with Gasteiger partial charge in [0.25, 0.3) is 0 Å². The Balaban J connectivity index is 2.51. The SMILES string of the molecule is C=C(C)c1ccc(C(=NC2CCOCC2)C(=CN)C(=O)OCC)c(F)c1. The van der Waals surface area contributed by atoms with Crippen LogP contribution in [0.1, 0.15) is 37.8 Å². The van der Waals surface area contributed by atoms with E-state index in [-0.39, 0.29) is 29.5 Å². The first-order valence-corrected chi connectivity index (χ1v) is 8.68. The molecule has 1 saturated heterocycles. The molecule has 0 aromatic heterocycles. The fourth-order valence-corrected chi connectivity index (χ4v) is 2.71. The van der Waals surface area contributed by atoms with Crippen LogP contribution in [0.5, 0.6) is 0 Å². The Morgan fingerprint density at radius 3 is 2.69 bits per heavy atom. The van der Waals surface area contributed by atoms with Crippen molar-refractivity contribution in [3.63, 3.8) is 0 Å². The van der Waals surface area contributed by atoms with E-state index in [0.29, 0.717) is 31.6 Å². The fourth-order valence-electron chi connectivity index (χ4n) is 2.71. The van der Waals surface area contributed by atoms with Crippen molar-refractivity contribution < 1.29 is 18.7 Å². The lowest BCUT2D eigenvalue weighted by molar-refractivity contribution is -0.137. The van der Waals surface area contributed by atoms with Crippen molar-refractivity contribution >= 4 is 17.3 Å². The Morgan fingerprint density at radius 1 is 1.46 bits per heavy atom. The summed E-state index contributed by atoms with van der Waals surface area (Å²) >= 11 is 0. The number of ether oxygens (including phenoxy) is 2. The molecule has 0 unspecified atom stereocenters. The molecule has 0 spiro atoms. The maximum Gasteiger partial charge on any atom is 0.341 e. The first-order chi connectivity index (χ1) is 12.5. The Morgan fingerprint density at radius 2 is 2.15 bits per heavy atom. The van der Waals surface area contributed by atoms with Crippen molar-refractivity contribution in [1.29, 1.82) is 0 Å². The standard InChI is InChI=1S/C20H25FN2O3/c1-4-26-20(24)17(12-22)19(23-15-7-9-25-10-8-15)16-6-5-14(13(2)3)11-18(16)21/h5-6,11-12,15H,2,4,7-10,22H2,1,3H3. The number of benzene rings is 1. The van der Waals surface area contributed by atoms with Crippen molar-refractivity contribution in [3.8, 4) is 0 Å². The topological polar surface area (TPSA) is 73.9 Å². The number of nitrogens with two attached hydrogens (primary N) is 1. The molecule has 5 nitrogen and oxygen atoms in total. The molecule has 0 saturated carbocycles. The minimum Gasteiger partial charge on any atom is -0.462 e. The summed E-state index contributed by atoms with van der Waals surface area (Å²) in [6, 6.07) is 4.67. The van der Waals surface area contributed by atoms with Gasteiger partial charge in [-0.2, -0.15) is 0 Å². The van der Waals surface area contributed by atoms with Gasteiger partial charge in [0, 0.05) is 25.0 Å². The van der Waals surface area contributed by atoms with Crippen LogP contribution in [0, 0.1) is 5.82 Å². The Labute approximate surface area is 153 Å². The van der Waals surface area contributed by atoms with E-state index in [0.717, 1.165) is 11.8 Å². The van der Waals surface area contributed by atoms with Crippen molar-refractivity contribution in [2.75, 3.05) is 19.8 Å². The van der Waals surface area contributed by atoms with Crippen molar-refractivity contribution in [1.82, 2.24) is 0 Å². The van der Waals surface area contributed by atoms with Gasteiger partial charge in [-0.05, 0) is 44.4 Å². The van der Waals surface area contributed by atoms with E-state index >= 15 is 0 Å². The van der Waals surface area contributed by atoms with Crippen LogP contribution in [0.3, 0.4) is 0 Å². The summed E-state index contributed by atoms with van der Waals surface area (Å²) in [4.78, 5) is 16.9. The number of hydrogen-bond donors (Lipinski definition) is 1. The summed E-state index contributed by atoms with van der Waals surface area (Å²) in [6.45, 7) is 8.68. The number of allylic oxidation sites excluding steroid dienone is 1. The molecule has 0 bridgehead atoms. The third kappa shape index (κ3) is 4.79. The molecule has 26 heavy (non-hydrogen) atoms. The quantitative estimate of drug-likeness (QED) is 0.480. The molecule has 0 atom stereocenters. The average Bonchev–Trinajstić information content (AvgIpc) is 2.62. The summed E-state index contributed by atoms with van der Waals surface area (Å²) in [7, 11) is 0. The van der Waals surface area contributed by atoms with E-state index < -0.39 is 11.8 Å². The maximum absolute atomic E-state index is 14.8. The van der Waals surface area contributed by atoms with Crippen LogP contribution in [0.15, 0.2) is 41.5 Å². The second-order valence-corrected chi connectivity index (χ2v) is 6.10. The summed E-state index contributed by atoms with van der Waals surface area (Å²) in [5.74, 6) is -1.11. The van der Waals surface area contributed by atoms with Gasteiger partial charge in [-0.1, -0.05) is 18.2 Å². The minimum atomic E-state index is -0.621. The first kappa shape index (κ1) is 19.8. The first-order valence-electron chi connectivity index (χ1n) is 8.68. The molecule has 1 aliphatic rings. The second-order valence-electron chi connectivity index (χ2n) is 6.10. The highest BCUT2D eigenvalue weighted by atomic mass is 19.1. The van der Waals surface area contributed by atoms with Gasteiger partial charge in [-0.15, -0.1) is 0 Å². The average molecular weight is 360 g/mol. The second kappa shape index (κ2) is 9.29. The molecular formula is C20H25FN2O3. The van der Waals surface area contributed by atoms with Crippen LogP contribution in [-0.2, 0) is 14.3 Å². The summed E-state index contributed by atoms with van der Waals surface area (Å²) in [5.41, 5.74) is 7.59. The van der Waals surface area contributed by atoms with Crippen molar-refractivity contribution in [2.24, 2.45) is 10.7 Å². The molecule has 2 N–H and O–H groups in total. The third-order valence-electron chi connectivity index (χ3n) is 4.14. The highest BCUT2D eigenvalue weighted by Gasteiger charge is 2.24. The van der Waals surface area contributed by atoms with Crippen LogP contribution in [0.4, 0.5) is 4.39 Å². The molecule has 0 amide bonds. The monoisotopic (exact) mass is 360 g/mol. The van der Waals surface area contributed by atoms with E-state index in [9.17, 15) is 9.18 Å². The number of carbonyl (C=O) groups excluding carboxylic acids is 1. The Kier molecular flexibility index (Phi) is 7.09. The summed E-state index contributed by atoms with van der Waals surface area (Å²) in [6.07, 6.45) is 2.54. The van der Waals surface area contributed by atoms with Crippen LogP contribution >= 0.6 is 0 Å². The minimum absolute atomic E-state index is 0.0558. The lowest BCUT2D eigenvalue weighted by atomic mass is 9.98. The van der Waals surface area contributed by atoms with Crippen molar-refractivity contribution in [2.45, 2.75) is 32.7 Å². The number of aliphatic imine (C=N–C) groups is 1. The van der Waals surface area contributed by atoms with Gasteiger partial charge in [-0.25, -0.2) is 9.18 Å². The molecule has 1 heterocycles. The predicted molar refractivity (Wildman–Crippen MR) is 100 cm³/mol. The van der Waals surface area contributed by atoms with Crippen LogP contribution < -0.4 is 5.73 Å². The van der Waals surface area contributed by atoms with Gasteiger partial charge in [0.1, 0.15) is 11.4 Å². The van der Waals surface area contributed by atoms with E-state index in [4.69, 9.17) is 15.2 Å². The largest absolute Gasteiger partial charge is 0.462 e. The summed E-state index contributed by atoms with van der Waals surface area (Å²) < 4.78 is 25.2. The Hall–Kier alpha value is -2.47. The zero-order chi connectivity index (χ0) is 19.1. The number of carbonyl (C=O) groups is 1. The highest BCUT2D eigenvalue weighted by molar-refractivity contribution is 6.26. The van der Waals surface area contributed by atoms with Gasteiger partial charge in [0.2, 0.25) is 0 Å². The lowest BCUT2D eigenvalue weighted by Gasteiger charge is -2.21. The van der Waals surface area contributed by atoms with Crippen LogP contribution in [-0.4, -0.2) is 37.5 Å². The Bertz CT molecular complexity index is 735. The van der Waals surface area contributed by atoms with Gasteiger partial charge in [-0.3, -0.25) is 4.99 Å². The molecule has 2 rings (SSSR count). The van der Waals surface area contributed by atoms with E-state index in [1.807, 2.05) is 0 Å². The molecule has 0 aliphatic carbocycles. The van der Waals surface area contributed by atoms with Gasteiger partial charge in [0.15, 0.2) is 0 Å². The van der Waals surface area contributed by atoms with Gasteiger partial charge < -0.3 is 15.2 Å². The van der Waals surface area contributed by atoms with Gasteiger partial charge in [0.05, 0.1) is 18.4 Å². The molecule has 1 aromatic carbocycles. The zero-order valence-electron chi connectivity index (χ0n) is 15.3. The van der Waals surface area contributed by atoms with Crippen molar-refractivity contribution in [3.05, 3.63) is 53.5 Å². The third-order valence-corrected chi connectivity index (χ3v) is 4.14. The van der Waals surface area contributed by atoms with Gasteiger partial charge >= 0.3 is 5.97 Å². The van der Waals surface area contributed by atoms with E-state index in [1.165, 1.54) is 6.07 Å². The molecule has 1 aliphatic heterocycles. The predicted octanol–water partition coefficient (Wildman–Crippen LogP) is 3.23. The molecular weight excluding hydrogens is 335 g/mol. The molecule has 140 valence electrons. The number of nitrogens with zero attached hydrogens (tertiary/aromatic N) is 1. The molecule has 0 radical (unpaired) electrons. The molecule has 1 aromatic rings. The maximum atomic E-state index is 14.8. The molecule has 1 fully saturated rings. The fraction of sp³-hybridized carbons (Fsp3) is 0.400. The number of esters is 1. The van der Waals surface area contributed by atoms with Crippen LogP contribution in [0.2, 0.25) is 0 Å². The van der Waals surface area contributed by atoms with E-state index in [2.05, 4.69) is 11.6 Å². The lowest BCUT2D eigenvalue weighted by Crippen LogP contribution is -2.25. The number of halogens is 1. The normalized spacial score (nSPS) is 16.4. The van der Waals surface area contributed by atoms with Crippen LogP contribution in [0.25, 0.3) is 5.57 Å². The number of hydrogen-bond acceptors (Lipinski definition) is 5.